The number of fused-ring (bicyclic) bond motifs is 1. The topological polar surface area (TPSA) is 198 Å². The number of unbranched alkanes of at least 4 members (excludes halogenated alkanes) is 1. The number of aromatic nitrogens is 1. The standard InChI is InChI=1S/C24H32N4O2.2C2H2O4/c1-26-14-16-27(17-15-26)12-2-3-18-30-22-10-4-7-20-9-6-13-28(23(20)22)24(29)21-8-5-11-25-19-21;2*3-1(4)2(5)6/h4-5,7-8,10-11,19H,2-3,6,9,12-18H2,1H3;2*(H,3,4)(H,5,6). The van der Waals surface area contributed by atoms with Crippen LogP contribution in [0.25, 0.3) is 0 Å². The van der Waals surface area contributed by atoms with E-state index in [0.717, 1.165) is 69.8 Å². The minimum Gasteiger partial charge on any atom is -0.491 e. The number of amides is 1. The molecule has 0 bridgehead atoms. The normalized spacial score (nSPS) is 14.6. The molecule has 0 spiro atoms. The fourth-order valence-corrected chi connectivity index (χ4v) is 4.27. The summed E-state index contributed by atoms with van der Waals surface area (Å²) in [6.45, 7) is 7.17. The third kappa shape index (κ3) is 11.1. The highest BCUT2D eigenvalue weighted by Gasteiger charge is 2.27. The van der Waals surface area contributed by atoms with Crippen LogP contribution in [0.2, 0.25) is 0 Å². The summed E-state index contributed by atoms with van der Waals surface area (Å²) in [6.07, 6.45) is 7.43. The molecule has 1 aromatic heterocycles. The van der Waals surface area contributed by atoms with Gasteiger partial charge in [0.15, 0.2) is 0 Å². The van der Waals surface area contributed by atoms with Crippen LogP contribution in [0.3, 0.4) is 0 Å². The fourth-order valence-electron chi connectivity index (χ4n) is 4.27. The van der Waals surface area contributed by atoms with Crippen LogP contribution in [0, 0.1) is 0 Å². The number of aliphatic carboxylic acids is 4. The maximum atomic E-state index is 13.1. The maximum Gasteiger partial charge on any atom is 0.414 e. The molecule has 4 N–H and O–H groups in total. The average Bonchev–Trinajstić information content (AvgIpc) is 2.98. The van der Waals surface area contributed by atoms with Gasteiger partial charge in [0.25, 0.3) is 5.91 Å². The smallest absolute Gasteiger partial charge is 0.414 e. The van der Waals surface area contributed by atoms with Crippen molar-refractivity contribution >= 4 is 35.5 Å². The number of pyridine rings is 1. The lowest BCUT2D eigenvalue weighted by Crippen LogP contribution is -2.44. The second kappa shape index (κ2) is 17.3. The number of carboxylic acids is 4. The summed E-state index contributed by atoms with van der Waals surface area (Å²) in [5, 5.41) is 29.6. The van der Waals surface area contributed by atoms with E-state index in [2.05, 4.69) is 27.9 Å². The predicted molar refractivity (Wildman–Crippen MR) is 150 cm³/mol. The van der Waals surface area contributed by atoms with Crippen molar-refractivity contribution in [3.63, 3.8) is 0 Å². The molecule has 3 heterocycles. The van der Waals surface area contributed by atoms with Crippen LogP contribution in [0.4, 0.5) is 5.69 Å². The van der Waals surface area contributed by atoms with Crippen LogP contribution in [-0.4, -0.2) is 118 Å². The number of aryl methyl sites for hydroxylation is 1. The highest BCUT2D eigenvalue weighted by molar-refractivity contribution is 6.27. The molecule has 228 valence electrons. The highest BCUT2D eigenvalue weighted by Crippen LogP contribution is 2.37. The second-order valence-electron chi connectivity index (χ2n) is 9.49. The number of piperazine rings is 1. The van der Waals surface area contributed by atoms with Gasteiger partial charge in [-0.25, -0.2) is 19.2 Å². The Morgan fingerprint density at radius 1 is 0.833 bits per heavy atom. The van der Waals surface area contributed by atoms with E-state index in [4.69, 9.17) is 44.3 Å². The third-order valence-electron chi connectivity index (χ3n) is 6.42. The lowest BCUT2D eigenvalue weighted by Gasteiger charge is -2.32. The Balaban J connectivity index is 0.000000434. The maximum absolute atomic E-state index is 13.1. The highest BCUT2D eigenvalue weighted by atomic mass is 16.5. The first-order chi connectivity index (χ1) is 20.0. The molecule has 2 aromatic rings. The Bertz CT molecular complexity index is 1170. The molecule has 4 rings (SSSR count). The van der Waals surface area contributed by atoms with Gasteiger partial charge in [0.1, 0.15) is 5.75 Å². The molecule has 1 fully saturated rings. The van der Waals surface area contributed by atoms with Gasteiger partial charge in [-0.2, -0.15) is 0 Å². The van der Waals surface area contributed by atoms with Crippen molar-refractivity contribution in [1.82, 2.24) is 14.8 Å². The number of nitrogens with zero attached hydrogens (tertiary/aromatic N) is 4. The van der Waals surface area contributed by atoms with Crippen LogP contribution in [0.5, 0.6) is 5.75 Å². The van der Waals surface area contributed by atoms with Gasteiger partial charge in [-0.05, 0) is 63.0 Å². The van der Waals surface area contributed by atoms with Gasteiger partial charge >= 0.3 is 23.9 Å². The number of anilines is 1. The summed E-state index contributed by atoms with van der Waals surface area (Å²) in [4.78, 5) is 60.4. The number of likely N-dealkylation sites (N-methyl/N-ethyl adjacent to an activating group) is 1. The fraction of sp³-hybridized carbons (Fsp3) is 0.429. The van der Waals surface area contributed by atoms with Crippen molar-refractivity contribution < 1.29 is 49.1 Å². The van der Waals surface area contributed by atoms with E-state index < -0.39 is 23.9 Å². The summed E-state index contributed by atoms with van der Waals surface area (Å²) >= 11 is 0. The molecule has 14 nitrogen and oxygen atoms in total. The van der Waals surface area contributed by atoms with Gasteiger partial charge in [-0.1, -0.05) is 12.1 Å². The van der Waals surface area contributed by atoms with Crippen LogP contribution >= 0.6 is 0 Å². The molecule has 0 unspecified atom stereocenters. The lowest BCUT2D eigenvalue weighted by molar-refractivity contribution is -0.159. The number of benzene rings is 1. The van der Waals surface area contributed by atoms with E-state index >= 15 is 0 Å². The molecule has 1 amide bonds. The molecule has 1 saturated heterocycles. The zero-order valence-electron chi connectivity index (χ0n) is 23.3. The van der Waals surface area contributed by atoms with Gasteiger partial charge in [0, 0.05) is 45.1 Å². The number of carboxylic acid groups (broad SMARTS) is 4. The molecule has 0 saturated carbocycles. The van der Waals surface area contributed by atoms with E-state index in [1.54, 1.807) is 18.5 Å². The Hall–Kier alpha value is -4.56. The molecular formula is C28H36N4O10. The predicted octanol–water partition coefficient (Wildman–Crippen LogP) is 1.39. The first kappa shape index (κ1) is 33.6. The number of carbonyl (C=O) groups excluding carboxylic acids is 1. The van der Waals surface area contributed by atoms with Gasteiger partial charge in [-0.15, -0.1) is 0 Å². The summed E-state index contributed by atoms with van der Waals surface area (Å²) in [5.74, 6) is -6.48. The molecule has 14 heteroatoms. The number of rotatable bonds is 7. The van der Waals surface area contributed by atoms with Crippen molar-refractivity contribution in [2.45, 2.75) is 25.7 Å². The van der Waals surface area contributed by atoms with E-state index in [9.17, 15) is 4.79 Å². The van der Waals surface area contributed by atoms with E-state index in [-0.39, 0.29) is 5.91 Å². The van der Waals surface area contributed by atoms with E-state index in [1.807, 2.05) is 23.1 Å². The molecule has 0 aliphatic carbocycles. The molecule has 2 aliphatic heterocycles. The second-order valence-corrected chi connectivity index (χ2v) is 9.49. The molecule has 0 radical (unpaired) electrons. The van der Waals surface area contributed by atoms with Gasteiger partial charge in [0.2, 0.25) is 0 Å². The van der Waals surface area contributed by atoms with E-state index in [1.165, 1.54) is 5.56 Å². The van der Waals surface area contributed by atoms with Gasteiger partial charge < -0.3 is 39.9 Å². The summed E-state index contributed by atoms with van der Waals surface area (Å²) in [6, 6.07) is 9.77. The Labute approximate surface area is 242 Å². The van der Waals surface area contributed by atoms with E-state index in [0.29, 0.717) is 18.7 Å². The SMILES string of the molecule is CN1CCN(CCCCOc2cccc3c2N(C(=O)c2cccnc2)CCC3)CC1.O=C(O)C(=O)O.O=C(O)C(=O)O. The summed E-state index contributed by atoms with van der Waals surface area (Å²) < 4.78 is 6.19. The number of hydrogen-bond acceptors (Lipinski definition) is 9. The number of hydrogen-bond donors (Lipinski definition) is 4. The van der Waals surface area contributed by atoms with Crippen molar-refractivity contribution in [2.75, 3.05) is 57.8 Å². The quantitative estimate of drug-likeness (QED) is 0.268. The summed E-state index contributed by atoms with van der Waals surface area (Å²) in [7, 11) is 2.19. The van der Waals surface area contributed by atoms with Crippen molar-refractivity contribution in [3.8, 4) is 5.75 Å². The monoisotopic (exact) mass is 588 g/mol. The molecule has 2 aliphatic rings. The molecular weight excluding hydrogens is 552 g/mol. The molecule has 42 heavy (non-hydrogen) atoms. The first-order valence-corrected chi connectivity index (χ1v) is 13.3. The van der Waals surface area contributed by atoms with Gasteiger partial charge in [-0.3, -0.25) is 9.78 Å². The Kier molecular flexibility index (Phi) is 13.9. The largest absolute Gasteiger partial charge is 0.491 e. The van der Waals surface area contributed by atoms with Gasteiger partial charge in [0.05, 0.1) is 17.9 Å². The van der Waals surface area contributed by atoms with Crippen LogP contribution in [0.15, 0.2) is 42.7 Å². The zero-order chi connectivity index (χ0) is 31.1. The molecule has 0 atom stereocenters. The summed E-state index contributed by atoms with van der Waals surface area (Å²) in [5.41, 5.74) is 2.75. The van der Waals surface area contributed by atoms with Crippen molar-refractivity contribution in [3.05, 3.63) is 53.9 Å². The Morgan fingerprint density at radius 2 is 1.48 bits per heavy atom. The molecule has 1 aromatic carbocycles. The Morgan fingerprint density at radius 3 is 2.05 bits per heavy atom. The van der Waals surface area contributed by atoms with Crippen LogP contribution in [0.1, 0.15) is 35.2 Å². The first-order valence-electron chi connectivity index (χ1n) is 13.3. The van der Waals surface area contributed by atoms with Crippen molar-refractivity contribution in [2.24, 2.45) is 0 Å². The third-order valence-corrected chi connectivity index (χ3v) is 6.42. The average molecular weight is 589 g/mol. The number of carbonyl (C=O) groups is 5. The van der Waals surface area contributed by atoms with Crippen LogP contribution < -0.4 is 9.64 Å². The number of para-hydroxylation sites is 1. The minimum atomic E-state index is -1.82. The number of ether oxygens (including phenoxy) is 1. The lowest BCUT2D eigenvalue weighted by atomic mass is 10.00. The van der Waals surface area contributed by atoms with Crippen molar-refractivity contribution in [1.29, 1.82) is 0 Å². The zero-order valence-corrected chi connectivity index (χ0v) is 23.3. The minimum absolute atomic E-state index is 0.00448. The van der Waals surface area contributed by atoms with Crippen LogP contribution in [-0.2, 0) is 25.6 Å².